The smallest absolute Gasteiger partial charge is 0.176 e. The van der Waals surface area contributed by atoms with E-state index in [1.807, 2.05) is 12.1 Å². The van der Waals surface area contributed by atoms with Crippen molar-refractivity contribution in [1.82, 2.24) is 14.8 Å². The molecule has 0 saturated carbocycles. The first-order chi connectivity index (χ1) is 7.31. The Morgan fingerprint density at radius 2 is 1.80 bits per heavy atom. The Morgan fingerprint density at radius 3 is 2.33 bits per heavy atom. The third-order valence-corrected chi connectivity index (χ3v) is 2.09. The molecule has 0 unspecified atom stereocenters. The molecule has 5 nitrogen and oxygen atoms in total. The van der Waals surface area contributed by atoms with Crippen LogP contribution in [0.25, 0.3) is 5.69 Å². The SMILES string of the molecule is NCC(=O)c1ccc(-n2cnnc2)cc1. The molecule has 2 rings (SSSR count). The van der Waals surface area contributed by atoms with Crippen LogP contribution in [0.5, 0.6) is 0 Å². The van der Waals surface area contributed by atoms with Crippen molar-refractivity contribution in [2.75, 3.05) is 6.54 Å². The lowest BCUT2D eigenvalue weighted by Gasteiger charge is -2.02. The second-order valence-electron chi connectivity index (χ2n) is 3.04. The maximum Gasteiger partial charge on any atom is 0.176 e. The van der Waals surface area contributed by atoms with Crippen LogP contribution in [0.1, 0.15) is 10.4 Å². The van der Waals surface area contributed by atoms with Crippen molar-refractivity contribution in [2.45, 2.75) is 0 Å². The van der Waals surface area contributed by atoms with Gasteiger partial charge in [-0.1, -0.05) is 0 Å². The predicted molar refractivity (Wildman–Crippen MR) is 54.7 cm³/mol. The van der Waals surface area contributed by atoms with E-state index >= 15 is 0 Å². The van der Waals surface area contributed by atoms with Crippen LogP contribution in [0, 0.1) is 0 Å². The summed E-state index contributed by atoms with van der Waals surface area (Å²) in [5.74, 6) is -0.0645. The highest BCUT2D eigenvalue weighted by molar-refractivity contribution is 5.97. The highest BCUT2D eigenvalue weighted by Gasteiger charge is 2.03. The zero-order valence-electron chi connectivity index (χ0n) is 8.00. The van der Waals surface area contributed by atoms with Gasteiger partial charge in [-0.25, -0.2) is 0 Å². The average Bonchev–Trinajstić information content (AvgIpc) is 2.82. The van der Waals surface area contributed by atoms with E-state index in [1.165, 1.54) is 0 Å². The van der Waals surface area contributed by atoms with Crippen LogP contribution >= 0.6 is 0 Å². The highest BCUT2D eigenvalue weighted by atomic mass is 16.1. The van der Waals surface area contributed by atoms with Gasteiger partial charge in [0.1, 0.15) is 12.7 Å². The topological polar surface area (TPSA) is 73.8 Å². The van der Waals surface area contributed by atoms with Gasteiger partial charge in [-0.15, -0.1) is 10.2 Å². The van der Waals surface area contributed by atoms with Crippen LogP contribution in [0.2, 0.25) is 0 Å². The first-order valence-electron chi connectivity index (χ1n) is 4.49. The summed E-state index contributed by atoms with van der Waals surface area (Å²) in [7, 11) is 0. The lowest BCUT2D eigenvalue weighted by atomic mass is 10.1. The quantitative estimate of drug-likeness (QED) is 0.731. The normalized spacial score (nSPS) is 10.2. The molecule has 1 heterocycles. The molecular formula is C10H10N4O. The summed E-state index contributed by atoms with van der Waals surface area (Å²) < 4.78 is 1.76. The summed E-state index contributed by atoms with van der Waals surface area (Å²) in [5.41, 5.74) is 6.79. The predicted octanol–water partition coefficient (Wildman–Crippen LogP) is 0.409. The largest absolute Gasteiger partial charge is 0.324 e. The molecule has 5 heteroatoms. The second-order valence-corrected chi connectivity index (χ2v) is 3.04. The number of hydrogen-bond donors (Lipinski definition) is 1. The van der Waals surface area contributed by atoms with Gasteiger partial charge >= 0.3 is 0 Å². The molecule has 1 aromatic carbocycles. The van der Waals surface area contributed by atoms with E-state index in [2.05, 4.69) is 10.2 Å². The molecule has 0 aliphatic heterocycles. The Balaban J connectivity index is 2.29. The van der Waals surface area contributed by atoms with Gasteiger partial charge in [0.05, 0.1) is 6.54 Å². The minimum absolute atomic E-state index is 0.0337. The molecule has 0 aliphatic rings. The minimum atomic E-state index is -0.0645. The van der Waals surface area contributed by atoms with Gasteiger partial charge < -0.3 is 5.73 Å². The molecule has 0 amide bonds. The van der Waals surface area contributed by atoms with Crippen molar-refractivity contribution < 1.29 is 4.79 Å². The van der Waals surface area contributed by atoms with Crippen molar-refractivity contribution >= 4 is 5.78 Å². The van der Waals surface area contributed by atoms with E-state index < -0.39 is 0 Å². The number of carbonyl (C=O) groups is 1. The van der Waals surface area contributed by atoms with Crippen molar-refractivity contribution in [3.8, 4) is 5.69 Å². The molecule has 2 aromatic rings. The van der Waals surface area contributed by atoms with Crippen LogP contribution < -0.4 is 5.73 Å². The minimum Gasteiger partial charge on any atom is -0.324 e. The van der Waals surface area contributed by atoms with Gasteiger partial charge in [-0.3, -0.25) is 9.36 Å². The first kappa shape index (κ1) is 9.54. The number of benzene rings is 1. The Kier molecular flexibility index (Phi) is 2.55. The molecule has 0 fully saturated rings. The average molecular weight is 202 g/mol. The first-order valence-corrected chi connectivity index (χ1v) is 4.49. The molecule has 0 radical (unpaired) electrons. The van der Waals surface area contributed by atoms with Gasteiger partial charge in [0.15, 0.2) is 5.78 Å². The Morgan fingerprint density at radius 1 is 1.20 bits per heavy atom. The van der Waals surface area contributed by atoms with Gasteiger partial charge in [-0.05, 0) is 24.3 Å². The lowest BCUT2D eigenvalue weighted by molar-refractivity contribution is 0.100. The fraction of sp³-hybridized carbons (Fsp3) is 0.100. The summed E-state index contributed by atoms with van der Waals surface area (Å²) in [6.45, 7) is 0.0337. The molecule has 0 bridgehead atoms. The number of nitrogens with two attached hydrogens (primary N) is 1. The van der Waals surface area contributed by atoms with E-state index in [4.69, 9.17) is 5.73 Å². The molecule has 1 aromatic heterocycles. The Hall–Kier alpha value is -2.01. The zero-order chi connectivity index (χ0) is 10.7. The van der Waals surface area contributed by atoms with Crippen LogP contribution in [-0.2, 0) is 0 Å². The second kappa shape index (κ2) is 4.02. The third-order valence-electron chi connectivity index (χ3n) is 2.09. The number of carbonyl (C=O) groups excluding carboxylic acids is 1. The summed E-state index contributed by atoms with van der Waals surface area (Å²) in [6, 6.07) is 7.13. The zero-order valence-corrected chi connectivity index (χ0v) is 8.00. The van der Waals surface area contributed by atoms with Gasteiger partial charge in [0.2, 0.25) is 0 Å². The van der Waals surface area contributed by atoms with Crippen LogP contribution in [0.4, 0.5) is 0 Å². The molecular weight excluding hydrogens is 192 g/mol. The summed E-state index contributed by atoms with van der Waals surface area (Å²) >= 11 is 0. The molecule has 2 N–H and O–H groups in total. The highest BCUT2D eigenvalue weighted by Crippen LogP contribution is 2.08. The number of hydrogen-bond acceptors (Lipinski definition) is 4. The van der Waals surface area contributed by atoms with E-state index in [1.54, 1.807) is 29.4 Å². The van der Waals surface area contributed by atoms with E-state index in [0.29, 0.717) is 5.56 Å². The number of ketones is 1. The van der Waals surface area contributed by atoms with Crippen LogP contribution in [-0.4, -0.2) is 27.1 Å². The monoisotopic (exact) mass is 202 g/mol. The van der Waals surface area contributed by atoms with Crippen molar-refractivity contribution in [2.24, 2.45) is 5.73 Å². The van der Waals surface area contributed by atoms with Gasteiger partial charge in [0, 0.05) is 11.3 Å². The number of aromatic nitrogens is 3. The standard InChI is InChI=1S/C10H10N4O/c11-5-10(15)8-1-3-9(4-2-8)14-6-12-13-7-14/h1-4,6-7H,5,11H2. The number of Topliss-reactive ketones (excluding diaryl/α,β-unsaturated/α-hetero) is 1. The van der Waals surface area contributed by atoms with E-state index in [9.17, 15) is 4.79 Å². The molecule has 15 heavy (non-hydrogen) atoms. The molecule has 0 saturated heterocycles. The van der Waals surface area contributed by atoms with Crippen LogP contribution in [0.15, 0.2) is 36.9 Å². The molecule has 0 aliphatic carbocycles. The Bertz CT molecular complexity index is 447. The summed E-state index contributed by atoms with van der Waals surface area (Å²) in [5, 5.41) is 7.40. The van der Waals surface area contributed by atoms with Crippen LogP contribution in [0.3, 0.4) is 0 Å². The molecule has 76 valence electrons. The summed E-state index contributed by atoms with van der Waals surface area (Å²) in [6.07, 6.45) is 3.19. The molecule has 0 atom stereocenters. The third kappa shape index (κ3) is 1.92. The van der Waals surface area contributed by atoms with Gasteiger partial charge in [-0.2, -0.15) is 0 Å². The van der Waals surface area contributed by atoms with E-state index in [-0.39, 0.29) is 12.3 Å². The fourth-order valence-corrected chi connectivity index (χ4v) is 1.27. The maximum atomic E-state index is 11.3. The van der Waals surface area contributed by atoms with Crippen molar-refractivity contribution in [3.63, 3.8) is 0 Å². The maximum absolute atomic E-state index is 11.3. The molecule has 0 spiro atoms. The number of rotatable bonds is 3. The number of nitrogens with zero attached hydrogens (tertiary/aromatic N) is 3. The Labute approximate surface area is 86.5 Å². The van der Waals surface area contributed by atoms with Crippen molar-refractivity contribution in [3.05, 3.63) is 42.5 Å². The van der Waals surface area contributed by atoms with Crippen molar-refractivity contribution in [1.29, 1.82) is 0 Å². The fourth-order valence-electron chi connectivity index (χ4n) is 1.27. The van der Waals surface area contributed by atoms with Gasteiger partial charge in [0.25, 0.3) is 0 Å². The lowest BCUT2D eigenvalue weighted by Crippen LogP contribution is -2.13. The van der Waals surface area contributed by atoms with E-state index in [0.717, 1.165) is 5.69 Å². The summed E-state index contributed by atoms with van der Waals surface area (Å²) in [4.78, 5) is 11.3.